The van der Waals surface area contributed by atoms with Gasteiger partial charge in [0, 0.05) is 36.3 Å². The van der Waals surface area contributed by atoms with Crippen molar-refractivity contribution in [3.8, 4) is 0 Å². The molecule has 1 heterocycles. The van der Waals surface area contributed by atoms with Crippen LogP contribution in [0.2, 0.25) is 0 Å². The lowest BCUT2D eigenvalue weighted by Gasteiger charge is -2.34. The average molecular weight is 296 g/mol. The second-order valence-corrected chi connectivity index (χ2v) is 6.90. The molecule has 1 fully saturated rings. The fourth-order valence-electron chi connectivity index (χ4n) is 2.89. The topological polar surface area (TPSA) is 15.3 Å². The summed E-state index contributed by atoms with van der Waals surface area (Å²) in [5.74, 6) is -0.987. The largest absolute Gasteiger partial charge is 0.310 e. The van der Waals surface area contributed by atoms with Crippen LogP contribution in [0.3, 0.4) is 0 Å². The molecule has 1 atom stereocenters. The van der Waals surface area contributed by atoms with E-state index in [0.717, 1.165) is 38.4 Å². The van der Waals surface area contributed by atoms with E-state index in [2.05, 4.69) is 31.0 Å². The Morgan fingerprint density at radius 3 is 2.62 bits per heavy atom. The van der Waals surface area contributed by atoms with Crippen molar-refractivity contribution in [3.05, 3.63) is 35.4 Å². The van der Waals surface area contributed by atoms with E-state index in [-0.39, 0.29) is 5.54 Å². The molecule has 2 nitrogen and oxygen atoms in total. The summed E-state index contributed by atoms with van der Waals surface area (Å²) in [5, 5.41) is 3.42. The van der Waals surface area contributed by atoms with Crippen LogP contribution >= 0.6 is 0 Å². The summed E-state index contributed by atoms with van der Waals surface area (Å²) in [4.78, 5) is 2.51. The summed E-state index contributed by atoms with van der Waals surface area (Å²) < 4.78 is 26.5. The third-order valence-electron chi connectivity index (χ3n) is 4.27. The van der Waals surface area contributed by atoms with Crippen LogP contribution < -0.4 is 5.32 Å². The molecular weight excluding hydrogens is 270 g/mol. The van der Waals surface area contributed by atoms with Gasteiger partial charge in [-0.05, 0) is 52.6 Å². The molecule has 1 aromatic carbocycles. The van der Waals surface area contributed by atoms with Crippen molar-refractivity contribution < 1.29 is 8.78 Å². The molecule has 0 aromatic heterocycles. The van der Waals surface area contributed by atoms with Gasteiger partial charge in [-0.3, -0.25) is 4.90 Å². The first-order valence-corrected chi connectivity index (χ1v) is 7.78. The minimum absolute atomic E-state index is 0.206. The van der Waals surface area contributed by atoms with Crippen molar-refractivity contribution in [1.29, 1.82) is 0 Å². The number of hydrogen-bond acceptors (Lipinski definition) is 2. The maximum Gasteiger partial charge on any atom is 0.130 e. The number of benzene rings is 1. The second kappa shape index (κ2) is 6.84. The number of likely N-dealkylation sites (tertiary alicyclic amines) is 1. The van der Waals surface area contributed by atoms with Crippen LogP contribution in [0.25, 0.3) is 0 Å². The molecule has 0 saturated carbocycles. The SMILES string of the molecule is CC(C)(C)N1CCCC(NCc2ccc(F)cc2F)CC1. The first-order valence-electron chi connectivity index (χ1n) is 7.78. The van der Waals surface area contributed by atoms with Gasteiger partial charge >= 0.3 is 0 Å². The Labute approximate surface area is 126 Å². The summed E-state index contributed by atoms with van der Waals surface area (Å²) in [5.41, 5.74) is 0.742. The van der Waals surface area contributed by atoms with E-state index in [1.165, 1.54) is 12.1 Å². The smallest absolute Gasteiger partial charge is 0.130 e. The first kappa shape index (κ1) is 16.4. The van der Waals surface area contributed by atoms with Gasteiger partial charge in [0.25, 0.3) is 0 Å². The zero-order valence-corrected chi connectivity index (χ0v) is 13.3. The fourth-order valence-corrected chi connectivity index (χ4v) is 2.89. The zero-order chi connectivity index (χ0) is 15.5. The number of nitrogens with one attached hydrogen (secondary N) is 1. The molecule has 1 aliphatic rings. The summed E-state index contributed by atoms with van der Waals surface area (Å²) in [6.07, 6.45) is 3.33. The highest BCUT2D eigenvalue weighted by molar-refractivity contribution is 5.18. The van der Waals surface area contributed by atoms with Crippen LogP contribution in [0.1, 0.15) is 45.6 Å². The van der Waals surface area contributed by atoms with Gasteiger partial charge in [-0.2, -0.15) is 0 Å². The number of hydrogen-bond donors (Lipinski definition) is 1. The minimum Gasteiger partial charge on any atom is -0.310 e. The van der Waals surface area contributed by atoms with Gasteiger partial charge in [0.2, 0.25) is 0 Å². The van der Waals surface area contributed by atoms with Gasteiger partial charge in [0.05, 0.1) is 0 Å². The zero-order valence-electron chi connectivity index (χ0n) is 13.3. The van der Waals surface area contributed by atoms with Gasteiger partial charge in [-0.25, -0.2) is 8.78 Å². The van der Waals surface area contributed by atoms with Crippen molar-refractivity contribution >= 4 is 0 Å². The third kappa shape index (κ3) is 4.75. The Morgan fingerprint density at radius 1 is 1.19 bits per heavy atom. The average Bonchev–Trinajstić information content (AvgIpc) is 2.63. The highest BCUT2D eigenvalue weighted by Gasteiger charge is 2.24. The maximum atomic E-state index is 13.6. The molecule has 0 radical (unpaired) electrons. The highest BCUT2D eigenvalue weighted by atomic mass is 19.1. The molecule has 0 spiro atoms. The molecule has 1 aliphatic heterocycles. The van der Waals surface area contributed by atoms with E-state index >= 15 is 0 Å². The van der Waals surface area contributed by atoms with Crippen molar-refractivity contribution in [1.82, 2.24) is 10.2 Å². The molecule has 0 aliphatic carbocycles. The molecular formula is C17H26F2N2. The third-order valence-corrected chi connectivity index (χ3v) is 4.27. The lowest BCUT2D eigenvalue weighted by atomic mass is 10.1. The Hall–Kier alpha value is -1.00. The van der Waals surface area contributed by atoms with Crippen molar-refractivity contribution in [2.75, 3.05) is 13.1 Å². The van der Waals surface area contributed by atoms with Crippen LogP contribution in [0.5, 0.6) is 0 Å². The number of halogens is 2. The quantitative estimate of drug-likeness (QED) is 0.915. The maximum absolute atomic E-state index is 13.6. The van der Waals surface area contributed by atoms with Gasteiger partial charge < -0.3 is 5.32 Å². The van der Waals surface area contributed by atoms with Crippen molar-refractivity contribution in [2.45, 2.75) is 58.2 Å². The van der Waals surface area contributed by atoms with E-state index in [1.807, 2.05) is 0 Å². The van der Waals surface area contributed by atoms with Gasteiger partial charge in [-0.1, -0.05) is 6.07 Å². The monoisotopic (exact) mass is 296 g/mol. The Bertz CT molecular complexity index is 468. The van der Waals surface area contributed by atoms with Gasteiger partial charge in [0.15, 0.2) is 0 Å². The Balaban J connectivity index is 1.86. The molecule has 118 valence electrons. The summed E-state index contributed by atoms with van der Waals surface area (Å²) >= 11 is 0. The molecule has 1 saturated heterocycles. The Kier molecular flexibility index (Phi) is 5.33. The van der Waals surface area contributed by atoms with E-state index in [4.69, 9.17) is 0 Å². The number of nitrogens with zero attached hydrogens (tertiary/aromatic N) is 1. The van der Waals surface area contributed by atoms with Crippen LogP contribution in [-0.4, -0.2) is 29.6 Å². The van der Waals surface area contributed by atoms with E-state index in [1.54, 1.807) is 0 Å². The molecule has 0 bridgehead atoms. The second-order valence-electron chi connectivity index (χ2n) is 6.90. The van der Waals surface area contributed by atoms with E-state index in [9.17, 15) is 8.78 Å². The van der Waals surface area contributed by atoms with Crippen LogP contribution in [0, 0.1) is 11.6 Å². The Morgan fingerprint density at radius 2 is 1.95 bits per heavy atom. The predicted molar refractivity (Wildman–Crippen MR) is 82.2 cm³/mol. The number of rotatable bonds is 3. The minimum atomic E-state index is -0.522. The van der Waals surface area contributed by atoms with E-state index < -0.39 is 11.6 Å². The van der Waals surface area contributed by atoms with E-state index in [0.29, 0.717) is 18.2 Å². The van der Waals surface area contributed by atoms with Crippen molar-refractivity contribution in [2.24, 2.45) is 0 Å². The summed E-state index contributed by atoms with van der Waals surface area (Å²) in [7, 11) is 0. The van der Waals surface area contributed by atoms with Crippen LogP contribution in [-0.2, 0) is 6.54 Å². The lowest BCUT2D eigenvalue weighted by Crippen LogP contribution is -2.42. The normalized spacial score (nSPS) is 21.3. The molecule has 1 aromatic rings. The molecule has 21 heavy (non-hydrogen) atoms. The van der Waals surface area contributed by atoms with Gasteiger partial charge in [0.1, 0.15) is 11.6 Å². The lowest BCUT2D eigenvalue weighted by molar-refractivity contribution is 0.141. The van der Waals surface area contributed by atoms with Gasteiger partial charge in [-0.15, -0.1) is 0 Å². The highest BCUT2D eigenvalue weighted by Crippen LogP contribution is 2.20. The summed E-state index contributed by atoms with van der Waals surface area (Å²) in [6, 6.07) is 4.19. The summed E-state index contributed by atoms with van der Waals surface area (Å²) in [6.45, 7) is 9.38. The standard InChI is InChI=1S/C17H26F2N2/c1-17(2,3)21-9-4-5-15(8-10-21)20-12-13-6-7-14(18)11-16(13)19/h6-7,11,15,20H,4-5,8-10,12H2,1-3H3. The van der Waals surface area contributed by atoms with Crippen molar-refractivity contribution in [3.63, 3.8) is 0 Å². The molecule has 0 amide bonds. The predicted octanol–water partition coefficient (Wildman–Crippen LogP) is 3.71. The fraction of sp³-hybridized carbons (Fsp3) is 0.647. The molecule has 4 heteroatoms. The molecule has 2 rings (SSSR count). The molecule has 1 unspecified atom stereocenters. The van der Waals surface area contributed by atoms with Crippen LogP contribution in [0.4, 0.5) is 8.78 Å². The first-order chi connectivity index (χ1) is 9.86. The van der Waals surface area contributed by atoms with Crippen LogP contribution in [0.15, 0.2) is 18.2 Å². The molecule has 1 N–H and O–H groups in total.